The van der Waals surface area contributed by atoms with Crippen molar-refractivity contribution in [2.75, 3.05) is 0 Å². The molecule has 3 aromatic rings. The summed E-state index contributed by atoms with van der Waals surface area (Å²) in [6, 6.07) is 17.7. The van der Waals surface area contributed by atoms with Crippen LogP contribution < -0.4 is 0 Å². The maximum Gasteiger partial charge on any atom is 0.191 e. The molecule has 0 N–H and O–H groups in total. The smallest absolute Gasteiger partial charge is 0.191 e. The molecule has 1 aliphatic rings. The number of benzene rings is 2. The van der Waals surface area contributed by atoms with E-state index in [9.17, 15) is 4.39 Å². The summed E-state index contributed by atoms with van der Waals surface area (Å²) in [5.74, 6) is 1.41. The molecule has 1 fully saturated rings. The largest absolute Gasteiger partial charge is 0.303 e. The maximum absolute atomic E-state index is 13.8. The first-order chi connectivity index (χ1) is 11.8. The van der Waals surface area contributed by atoms with E-state index in [-0.39, 0.29) is 5.82 Å². The molecule has 2 aromatic carbocycles. The number of halogens is 1. The summed E-state index contributed by atoms with van der Waals surface area (Å²) in [5, 5.41) is 9.67. The molecule has 0 aliphatic heterocycles. The fourth-order valence-corrected chi connectivity index (χ4v) is 3.77. The molecule has 0 unspecified atom stereocenters. The number of aromatic nitrogens is 3. The minimum atomic E-state index is -0.160. The van der Waals surface area contributed by atoms with Crippen LogP contribution in [0.25, 0.3) is 0 Å². The molecule has 3 nitrogen and oxygen atoms in total. The first kappa shape index (κ1) is 15.4. The molecule has 5 heteroatoms. The van der Waals surface area contributed by atoms with E-state index in [0.717, 1.165) is 17.4 Å². The average Bonchev–Trinajstić information content (AvgIpc) is 3.37. The summed E-state index contributed by atoms with van der Waals surface area (Å²) < 4.78 is 16.0. The molecule has 1 saturated carbocycles. The van der Waals surface area contributed by atoms with Crippen LogP contribution in [-0.2, 0) is 12.2 Å². The zero-order valence-corrected chi connectivity index (χ0v) is 14.0. The highest BCUT2D eigenvalue weighted by molar-refractivity contribution is 7.98. The van der Waals surface area contributed by atoms with Gasteiger partial charge >= 0.3 is 0 Å². The van der Waals surface area contributed by atoms with E-state index in [1.54, 1.807) is 17.8 Å². The molecule has 1 heterocycles. The van der Waals surface area contributed by atoms with Crippen molar-refractivity contribution in [3.63, 3.8) is 0 Å². The molecule has 0 atom stereocenters. The van der Waals surface area contributed by atoms with E-state index in [4.69, 9.17) is 0 Å². The van der Waals surface area contributed by atoms with Gasteiger partial charge in [0.2, 0.25) is 0 Å². The van der Waals surface area contributed by atoms with Crippen molar-refractivity contribution in [1.82, 2.24) is 14.8 Å². The van der Waals surface area contributed by atoms with E-state index in [2.05, 4.69) is 26.9 Å². The van der Waals surface area contributed by atoms with Gasteiger partial charge in [-0.05, 0) is 30.0 Å². The number of hydrogen-bond acceptors (Lipinski definition) is 3. The summed E-state index contributed by atoms with van der Waals surface area (Å²) in [6.07, 6.45) is 3.13. The molecule has 0 saturated heterocycles. The van der Waals surface area contributed by atoms with E-state index >= 15 is 0 Å². The van der Waals surface area contributed by atoms with Gasteiger partial charge in [0.15, 0.2) is 5.16 Å². The van der Waals surface area contributed by atoms with Crippen LogP contribution in [0.2, 0.25) is 0 Å². The van der Waals surface area contributed by atoms with Crippen LogP contribution in [0.15, 0.2) is 59.8 Å². The van der Waals surface area contributed by atoms with Gasteiger partial charge in [-0.2, -0.15) is 0 Å². The lowest BCUT2D eigenvalue weighted by Gasteiger charge is -2.09. The Morgan fingerprint density at radius 1 is 1.00 bits per heavy atom. The molecule has 0 spiro atoms. The third-order valence-electron chi connectivity index (χ3n) is 4.17. The van der Waals surface area contributed by atoms with Crippen LogP contribution in [0.1, 0.15) is 35.8 Å². The number of rotatable bonds is 6. The monoisotopic (exact) mass is 339 g/mol. The fraction of sp³-hybridized carbons (Fsp3) is 0.263. The summed E-state index contributed by atoms with van der Waals surface area (Å²) in [4.78, 5) is 0. The van der Waals surface area contributed by atoms with Crippen LogP contribution in [-0.4, -0.2) is 14.8 Å². The summed E-state index contributed by atoms with van der Waals surface area (Å²) in [5.41, 5.74) is 1.94. The zero-order chi connectivity index (χ0) is 16.4. The Hall–Kier alpha value is -2.14. The molecule has 24 heavy (non-hydrogen) atoms. The molecule has 1 aliphatic carbocycles. The van der Waals surface area contributed by atoms with E-state index in [1.165, 1.54) is 24.5 Å². The van der Waals surface area contributed by atoms with Crippen LogP contribution >= 0.6 is 11.8 Å². The van der Waals surface area contributed by atoms with Crippen LogP contribution in [0, 0.1) is 5.82 Å². The number of thioether (sulfide) groups is 1. The first-order valence-corrected chi connectivity index (χ1v) is 9.14. The Balaban J connectivity index is 1.54. The third-order valence-corrected chi connectivity index (χ3v) is 5.16. The highest BCUT2D eigenvalue weighted by Gasteiger charge is 2.29. The van der Waals surface area contributed by atoms with Crippen molar-refractivity contribution >= 4 is 11.8 Å². The summed E-state index contributed by atoms with van der Waals surface area (Å²) in [6.45, 7) is 0. The van der Waals surface area contributed by atoms with Crippen LogP contribution in [0.3, 0.4) is 0 Å². The second-order valence-corrected chi connectivity index (χ2v) is 6.98. The Morgan fingerprint density at radius 3 is 2.50 bits per heavy atom. The van der Waals surface area contributed by atoms with Crippen molar-refractivity contribution < 1.29 is 4.39 Å². The molecule has 1 aromatic heterocycles. The van der Waals surface area contributed by atoms with Gasteiger partial charge in [-0.1, -0.05) is 60.3 Å². The van der Waals surface area contributed by atoms with Gasteiger partial charge in [-0.15, -0.1) is 10.2 Å². The van der Waals surface area contributed by atoms with Crippen molar-refractivity contribution in [3.8, 4) is 0 Å². The second-order valence-electron chi connectivity index (χ2n) is 6.04. The predicted molar refractivity (Wildman–Crippen MR) is 93.5 cm³/mol. The van der Waals surface area contributed by atoms with Gasteiger partial charge in [0.05, 0.1) is 0 Å². The lowest BCUT2D eigenvalue weighted by Crippen LogP contribution is -2.04. The first-order valence-electron chi connectivity index (χ1n) is 8.15. The minimum absolute atomic E-state index is 0.160. The second kappa shape index (κ2) is 6.77. The van der Waals surface area contributed by atoms with Crippen LogP contribution in [0.5, 0.6) is 0 Å². The SMILES string of the molecule is Fc1ccccc1CSc1nnc(Cc2ccccc2)n1C1CC1. The predicted octanol–water partition coefficient (Wildman–Crippen LogP) is 4.64. The third kappa shape index (κ3) is 3.36. The Labute approximate surface area is 144 Å². The van der Waals surface area contributed by atoms with Crippen LogP contribution in [0.4, 0.5) is 4.39 Å². The van der Waals surface area contributed by atoms with Gasteiger partial charge in [0.25, 0.3) is 0 Å². The standard InChI is InChI=1S/C19H18FN3S/c20-17-9-5-4-8-15(17)13-24-19-22-21-18(23(19)16-10-11-16)12-14-6-2-1-3-7-14/h1-9,16H,10-13H2. The zero-order valence-electron chi connectivity index (χ0n) is 13.2. The normalized spacial score (nSPS) is 14.0. The molecule has 4 rings (SSSR count). The molecule has 0 bridgehead atoms. The fourth-order valence-electron chi connectivity index (χ4n) is 2.76. The molecule has 0 amide bonds. The number of hydrogen-bond donors (Lipinski definition) is 0. The van der Waals surface area contributed by atoms with E-state index in [1.807, 2.05) is 30.3 Å². The lowest BCUT2D eigenvalue weighted by atomic mass is 10.1. The topological polar surface area (TPSA) is 30.7 Å². The Morgan fingerprint density at radius 2 is 1.75 bits per heavy atom. The minimum Gasteiger partial charge on any atom is -0.303 e. The van der Waals surface area contributed by atoms with Crippen molar-refractivity contribution in [2.24, 2.45) is 0 Å². The van der Waals surface area contributed by atoms with E-state index < -0.39 is 0 Å². The Bertz CT molecular complexity index is 828. The quantitative estimate of drug-likeness (QED) is 0.613. The van der Waals surface area contributed by atoms with Gasteiger partial charge in [-0.25, -0.2) is 4.39 Å². The Kier molecular flexibility index (Phi) is 4.34. The van der Waals surface area contributed by atoms with Crippen molar-refractivity contribution in [3.05, 3.63) is 77.4 Å². The van der Waals surface area contributed by atoms with Gasteiger partial charge in [0.1, 0.15) is 11.6 Å². The van der Waals surface area contributed by atoms with Crippen molar-refractivity contribution in [2.45, 2.75) is 36.2 Å². The van der Waals surface area contributed by atoms with Gasteiger partial charge in [0, 0.05) is 18.2 Å². The molecule has 122 valence electrons. The average molecular weight is 339 g/mol. The van der Waals surface area contributed by atoms with Gasteiger partial charge in [-0.3, -0.25) is 0 Å². The molecular formula is C19H18FN3S. The van der Waals surface area contributed by atoms with E-state index in [0.29, 0.717) is 17.4 Å². The molecular weight excluding hydrogens is 321 g/mol. The molecule has 0 radical (unpaired) electrons. The summed E-state index contributed by atoms with van der Waals surface area (Å²) >= 11 is 1.56. The number of nitrogens with zero attached hydrogens (tertiary/aromatic N) is 3. The van der Waals surface area contributed by atoms with Gasteiger partial charge < -0.3 is 4.57 Å². The van der Waals surface area contributed by atoms with Crippen molar-refractivity contribution in [1.29, 1.82) is 0 Å². The lowest BCUT2D eigenvalue weighted by molar-refractivity contribution is 0.616. The summed E-state index contributed by atoms with van der Waals surface area (Å²) in [7, 11) is 0. The highest BCUT2D eigenvalue weighted by atomic mass is 32.2. The maximum atomic E-state index is 13.8. The highest BCUT2D eigenvalue weighted by Crippen LogP contribution is 2.39.